The van der Waals surface area contributed by atoms with E-state index >= 15 is 0 Å². The molecule has 1 aromatic carbocycles. The fraction of sp³-hybridized carbons (Fsp3) is 0.238. The van der Waals surface area contributed by atoms with Crippen LogP contribution in [-0.2, 0) is 29.5 Å². The van der Waals surface area contributed by atoms with Crippen LogP contribution in [0.2, 0.25) is 0 Å². The molecular weight excluding hydrogens is 430 g/mol. The number of anilines is 2. The Balaban J connectivity index is 1.62. The summed E-state index contributed by atoms with van der Waals surface area (Å²) < 4.78 is 28.7. The van der Waals surface area contributed by atoms with E-state index in [9.17, 15) is 13.2 Å². The second-order valence-corrected chi connectivity index (χ2v) is 9.12. The summed E-state index contributed by atoms with van der Waals surface area (Å²) in [6.45, 7) is 3.57. The average molecular weight is 452 g/mol. The summed E-state index contributed by atoms with van der Waals surface area (Å²) >= 11 is 0. The van der Waals surface area contributed by atoms with Crippen LogP contribution in [0.3, 0.4) is 0 Å². The van der Waals surface area contributed by atoms with E-state index < -0.39 is 15.6 Å². The monoisotopic (exact) mass is 451 g/mol. The maximum absolute atomic E-state index is 13.3. The Hall–Kier alpha value is -3.57. The highest BCUT2D eigenvalue weighted by atomic mass is 32.2. The molecule has 0 radical (unpaired) electrons. The molecule has 0 atom stereocenters. The predicted octanol–water partition coefficient (Wildman–Crippen LogP) is 1.63. The Morgan fingerprint density at radius 3 is 2.81 bits per heavy atom. The number of nitrogens with one attached hydrogen (secondary N) is 2. The molecule has 164 valence electrons. The highest BCUT2D eigenvalue weighted by molar-refractivity contribution is 7.90. The SMILES string of the molecule is CCn1c(=O)c2cnc(Nc3ccc4c(c3)CNCC4)nc2n1S(=O)(=O)c1ccccn1. The first-order chi connectivity index (χ1) is 15.5. The normalized spacial score (nSPS) is 13.8. The lowest BCUT2D eigenvalue weighted by Crippen LogP contribution is -2.28. The summed E-state index contributed by atoms with van der Waals surface area (Å²) in [5.74, 6) is 0.194. The van der Waals surface area contributed by atoms with Gasteiger partial charge in [0.1, 0.15) is 5.39 Å². The van der Waals surface area contributed by atoms with Gasteiger partial charge in [-0.05, 0) is 55.3 Å². The molecule has 0 unspecified atom stereocenters. The van der Waals surface area contributed by atoms with Gasteiger partial charge < -0.3 is 10.6 Å². The zero-order valence-corrected chi connectivity index (χ0v) is 18.1. The van der Waals surface area contributed by atoms with Crippen LogP contribution in [0.4, 0.5) is 11.6 Å². The first-order valence-electron chi connectivity index (χ1n) is 10.2. The molecule has 0 bridgehead atoms. The molecule has 1 aliphatic rings. The van der Waals surface area contributed by atoms with Crippen LogP contribution in [0.1, 0.15) is 18.1 Å². The number of nitrogens with zero attached hydrogens (tertiary/aromatic N) is 5. The molecule has 0 fully saturated rings. The Bertz CT molecular complexity index is 1480. The number of aromatic nitrogens is 5. The maximum Gasteiger partial charge on any atom is 0.300 e. The second kappa shape index (κ2) is 7.84. The smallest absolute Gasteiger partial charge is 0.300 e. The van der Waals surface area contributed by atoms with E-state index in [-0.39, 0.29) is 28.6 Å². The van der Waals surface area contributed by atoms with Crippen molar-refractivity contribution in [1.29, 1.82) is 0 Å². The highest BCUT2D eigenvalue weighted by Crippen LogP contribution is 2.23. The molecule has 0 aliphatic carbocycles. The second-order valence-electron chi connectivity index (χ2n) is 7.40. The number of fused-ring (bicyclic) bond motifs is 2. The van der Waals surface area contributed by atoms with E-state index in [0.717, 1.165) is 34.0 Å². The van der Waals surface area contributed by atoms with Gasteiger partial charge in [0.15, 0.2) is 10.7 Å². The van der Waals surface area contributed by atoms with Crippen molar-refractivity contribution in [2.75, 3.05) is 11.9 Å². The summed E-state index contributed by atoms with van der Waals surface area (Å²) in [6, 6.07) is 10.6. The molecule has 2 N–H and O–H groups in total. The standard InChI is InChI=1S/C21H21N7O3S/c1-2-27-20(29)17-13-24-21(25-16-7-6-14-8-10-22-12-15(14)11-16)26-19(17)28(27)32(30,31)18-5-3-4-9-23-18/h3-7,9,11,13,22H,2,8,10,12H2,1H3,(H,24,25,26). The molecule has 4 heterocycles. The molecule has 0 saturated heterocycles. The molecule has 0 saturated carbocycles. The van der Waals surface area contributed by atoms with Crippen LogP contribution in [0.25, 0.3) is 11.0 Å². The quantitative estimate of drug-likeness (QED) is 0.469. The summed E-state index contributed by atoms with van der Waals surface area (Å²) in [5, 5.41) is 6.41. The molecule has 11 heteroatoms. The van der Waals surface area contributed by atoms with Gasteiger partial charge in [-0.3, -0.25) is 4.79 Å². The summed E-state index contributed by atoms with van der Waals surface area (Å²) in [4.78, 5) is 25.4. The molecule has 4 aromatic rings. The molecule has 0 spiro atoms. The van der Waals surface area contributed by atoms with Crippen LogP contribution in [0.15, 0.2) is 58.6 Å². The lowest BCUT2D eigenvalue weighted by molar-refractivity contribution is 0.537. The fourth-order valence-corrected chi connectivity index (χ4v) is 5.29. The van der Waals surface area contributed by atoms with Crippen LogP contribution >= 0.6 is 0 Å². The molecule has 32 heavy (non-hydrogen) atoms. The largest absolute Gasteiger partial charge is 0.324 e. The third-order valence-corrected chi connectivity index (χ3v) is 7.01. The van der Waals surface area contributed by atoms with Gasteiger partial charge in [0.05, 0.1) is 0 Å². The molecule has 10 nitrogen and oxygen atoms in total. The van der Waals surface area contributed by atoms with E-state index in [1.165, 1.54) is 29.6 Å². The lowest BCUT2D eigenvalue weighted by Gasteiger charge is -2.18. The maximum atomic E-state index is 13.3. The third-order valence-electron chi connectivity index (χ3n) is 5.41. The van der Waals surface area contributed by atoms with Crippen molar-refractivity contribution in [1.82, 2.24) is 29.0 Å². The Labute approximate surface area is 184 Å². The topological polar surface area (TPSA) is 124 Å². The third kappa shape index (κ3) is 3.35. The minimum absolute atomic E-state index is 0.000343. The van der Waals surface area contributed by atoms with E-state index in [4.69, 9.17) is 0 Å². The first-order valence-corrected chi connectivity index (χ1v) is 11.7. The predicted molar refractivity (Wildman–Crippen MR) is 119 cm³/mol. The van der Waals surface area contributed by atoms with E-state index in [1.807, 2.05) is 12.1 Å². The van der Waals surface area contributed by atoms with Gasteiger partial charge in [0.2, 0.25) is 5.95 Å². The molecule has 1 aliphatic heterocycles. The van der Waals surface area contributed by atoms with Gasteiger partial charge in [-0.1, -0.05) is 12.1 Å². The summed E-state index contributed by atoms with van der Waals surface area (Å²) in [7, 11) is -4.15. The van der Waals surface area contributed by atoms with Crippen LogP contribution < -0.4 is 16.2 Å². The van der Waals surface area contributed by atoms with Crippen molar-refractivity contribution in [2.45, 2.75) is 31.5 Å². The minimum atomic E-state index is -4.15. The molecule has 5 rings (SSSR count). The zero-order valence-electron chi connectivity index (χ0n) is 17.3. The number of benzene rings is 1. The van der Waals surface area contributed by atoms with Gasteiger partial charge >= 0.3 is 10.0 Å². The summed E-state index contributed by atoms with van der Waals surface area (Å²) in [6.07, 6.45) is 3.71. The van der Waals surface area contributed by atoms with Crippen molar-refractivity contribution < 1.29 is 8.42 Å². The van der Waals surface area contributed by atoms with Crippen molar-refractivity contribution in [3.05, 3.63) is 70.3 Å². The summed E-state index contributed by atoms with van der Waals surface area (Å²) in [5.41, 5.74) is 2.78. The van der Waals surface area contributed by atoms with Crippen LogP contribution in [0, 0.1) is 0 Å². The Morgan fingerprint density at radius 1 is 1.16 bits per heavy atom. The Morgan fingerprint density at radius 2 is 2.03 bits per heavy atom. The first kappa shape index (κ1) is 20.3. The van der Waals surface area contributed by atoms with E-state index in [1.54, 1.807) is 19.1 Å². The number of hydrogen-bond donors (Lipinski definition) is 2. The van der Waals surface area contributed by atoms with Gasteiger partial charge in [0, 0.05) is 31.2 Å². The zero-order chi connectivity index (χ0) is 22.3. The number of rotatable bonds is 5. The van der Waals surface area contributed by atoms with Gasteiger partial charge in [-0.2, -0.15) is 17.5 Å². The lowest BCUT2D eigenvalue weighted by atomic mass is 10.0. The average Bonchev–Trinajstić information content (AvgIpc) is 3.11. The van der Waals surface area contributed by atoms with Gasteiger partial charge in [-0.15, -0.1) is 0 Å². The van der Waals surface area contributed by atoms with Crippen LogP contribution in [-0.4, -0.2) is 38.7 Å². The molecule has 3 aromatic heterocycles. The van der Waals surface area contributed by atoms with Gasteiger partial charge in [0.25, 0.3) is 5.56 Å². The minimum Gasteiger partial charge on any atom is -0.324 e. The highest BCUT2D eigenvalue weighted by Gasteiger charge is 2.27. The van der Waals surface area contributed by atoms with E-state index in [0.29, 0.717) is 0 Å². The van der Waals surface area contributed by atoms with Crippen molar-refractivity contribution >= 4 is 32.7 Å². The number of pyridine rings is 1. The molecular formula is C21H21N7O3S. The van der Waals surface area contributed by atoms with Crippen molar-refractivity contribution in [2.24, 2.45) is 0 Å². The van der Waals surface area contributed by atoms with Crippen molar-refractivity contribution in [3.8, 4) is 0 Å². The number of hydrogen-bond acceptors (Lipinski definition) is 8. The van der Waals surface area contributed by atoms with E-state index in [2.05, 4.69) is 31.7 Å². The van der Waals surface area contributed by atoms with Crippen LogP contribution in [0.5, 0.6) is 0 Å². The molecule has 0 amide bonds. The Kier molecular flexibility index (Phi) is 4.98. The fourth-order valence-electron chi connectivity index (χ4n) is 3.86. The van der Waals surface area contributed by atoms with Crippen molar-refractivity contribution in [3.63, 3.8) is 0 Å². The van der Waals surface area contributed by atoms with Gasteiger partial charge in [-0.25, -0.2) is 14.6 Å².